The van der Waals surface area contributed by atoms with Gasteiger partial charge >= 0.3 is 0 Å². The minimum atomic E-state index is -0.354. The van der Waals surface area contributed by atoms with Crippen molar-refractivity contribution < 1.29 is 24.5 Å². The van der Waals surface area contributed by atoms with Gasteiger partial charge in [0.05, 0.1) is 13.7 Å². The monoisotopic (exact) mass is 284 g/mol. The van der Waals surface area contributed by atoms with Gasteiger partial charge in [0.15, 0.2) is 23.1 Å². The molecule has 21 heavy (non-hydrogen) atoms. The molecule has 0 heterocycles. The van der Waals surface area contributed by atoms with E-state index in [1.54, 1.807) is 6.07 Å². The quantitative estimate of drug-likeness (QED) is 0.748. The lowest BCUT2D eigenvalue weighted by Crippen LogP contribution is -2.21. The highest BCUT2D eigenvalue weighted by Crippen LogP contribution is 2.35. The molecule has 5 heteroatoms. The van der Waals surface area contributed by atoms with E-state index in [1.807, 2.05) is 0 Å². The zero-order valence-electron chi connectivity index (χ0n) is 11.2. The van der Waals surface area contributed by atoms with Crippen LogP contribution in [0.3, 0.4) is 0 Å². The van der Waals surface area contributed by atoms with E-state index in [9.17, 15) is 14.7 Å². The van der Waals surface area contributed by atoms with Gasteiger partial charge in [-0.2, -0.15) is 0 Å². The van der Waals surface area contributed by atoms with Crippen molar-refractivity contribution >= 4 is 11.6 Å². The van der Waals surface area contributed by atoms with Crippen LogP contribution in [0.15, 0.2) is 30.3 Å². The Morgan fingerprint density at radius 3 is 2.24 bits per heavy atom. The molecule has 2 N–H and O–H groups in total. The Bertz CT molecular complexity index is 776. The summed E-state index contributed by atoms with van der Waals surface area (Å²) >= 11 is 0. The first kappa shape index (κ1) is 13.3. The lowest BCUT2D eigenvalue weighted by molar-refractivity contribution is 0.0978. The molecule has 0 spiro atoms. The van der Waals surface area contributed by atoms with Gasteiger partial charge in [0.25, 0.3) is 0 Å². The second kappa shape index (κ2) is 4.71. The molecule has 0 fully saturated rings. The number of phenolic OH excluding ortho intramolecular Hbond substituents is 1. The van der Waals surface area contributed by atoms with Crippen molar-refractivity contribution in [3.05, 3.63) is 58.1 Å². The molecule has 0 unspecified atom stereocenters. The van der Waals surface area contributed by atoms with Crippen LogP contribution in [0.1, 0.15) is 37.4 Å². The average molecular weight is 284 g/mol. The first-order chi connectivity index (χ1) is 10.1. The molecule has 0 amide bonds. The fourth-order valence-electron chi connectivity index (χ4n) is 2.47. The Morgan fingerprint density at radius 2 is 1.57 bits per heavy atom. The number of carbonyl (C=O) groups is 2. The molecule has 106 valence electrons. The van der Waals surface area contributed by atoms with E-state index in [1.165, 1.54) is 31.4 Å². The van der Waals surface area contributed by atoms with Crippen molar-refractivity contribution in [2.24, 2.45) is 0 Å². The smallest absolute Gasteiger partial charge is 0.194 e. The van der Waals surface area contributed by atoms with E-state index in [2.05, 4.69) is 0 Å². The van der Waals surface area contributed by atoms with E-state index in [4.69, 9.17) is 9.84 Å². The highest BCUT2D eigenvalue weighted by molar-refractivity contribution is 6.28. The number of hydrogen-bond acceptors (Lipinski definition) is 5. The molecule has 1 aliphatic carbocycles. The van der Waals surface area contributed by atoms with Crippen molar-refractivity contribution in [1.29, 1.82) is 0 Å². The molecule has 0 saturated carbocycles. The molecule has 0 radical (unpaired) electrons. The van der Waals surface area contributed by atoms with Crippen LogP contribution in [0.5, 0.6) is 11.5 Å². The standard InChI is InChI=1S/C16H12O5/c1-21-14-6-12-11(5-13(14)18)16(20)10-4-8(7-17)2-3-9(10)15(12)19/h2-6,17-18H,7H2,1H3. The maximum absolute atomic E-state index is 12.5. The summed E-state index contributed by atoms with van der Waals surface area (Å²) in [6.07, 6.45) is 0. The van der Waals surface area contributed by atoms with Crippen LogP contribution in [0.4, 0.5) is 0 Å². The average Bonchev–Trinajstić information content (AvgIpc) is 2.51. The van der Waals surface area contributed by atoms with E-state index in [0.29, 0.717) is 5.56 Å². The number of carbonyl (C=O) groups excluding carboxylic acids is 2. The van der Waals surface area contributed by atoms with Gasteiger partial charge in [-0.1, -0.05) is 6.07 Å². The highest BCUT2D eigenvalue weighted by Gasteiger charge is 2.31. The third-order valence-electron chi connectivity index (χ3n) is 3.56. The molecule has 0 saturated heterocycles. The fourth-order valence-corrected chi connectivity index (χ4v) is 2.47. The summed E-state index contributed by atoms with van der Waals surface area (Å²) in [4.78, 5) is 25.0. The number of aliphatic hydroxyl groups is 1. The van der Waals surface area contributed by atoms with Crippen LogP contribution in [-0.2, 0) is 6.61 Å². The second-order valence-electron chi connectivity index (χ2n) is 4.77. The third-order valence-corrected chi connectivity index (χ3v) is 3.56. The lowest BCUT2D eigenvalue weighted by atomic mass is 9.83. The van der Waals surface area contributed by atoms with Gasteiger partial charge in [0.2, 0.25) is 0 Å². The number of aliphatic hydroxyl groups excluding tert-OH is 1. The Labute approximate surface area is 120 Å². The van der Waals surface area contributed by atoms with Gasteiger partial charge in [0.1, 0.15) is 0 Å². The largest absolute Gasteiger partial charge is 0.504 e. The number of phenols is 1. The molecular formula is C16H12O5. The zero-order valence-corrected chi connectivity index (χ0v) is 11.2. The Morgan fingerprint density at radius 1 is 0.952 bits per heavy atom. The van der Waals surface area contributed by atoms with Crippen LogP contribution in [0, 0.1) is 0 Å². The Balaban J connectivity index is 2.25. The summed E-state index contributed by atoms with van der Waals surface area (Å²) in [5, 5.41) is 18.9. The van der Waals surface area contributed by atoms with Crippen LogP contribution in [-0.4, -0.2) is 28.9 Å². The van der Waals surface area contributed by atoms with Crippen LogP contribution < -0.4 is 4.74 Å². The molecule has 0 aromatic heterocycles. The first-order valence-corrected chi connectivity index (χ1v) is 6.31. The molecule has 0 aliphatic heterocycles. The maximum Gasteiger partial charge on any atom is 0.194 e. The van der Waals surface area contributed by atoms with E-state index < -0.39 is 0 Å². The number of fused-ring (bicyclic) bond motifs is 2. The summed E-state index contributed by atoms with van der Waals surface area (Å²) in [5.74, 6) is -0.709. The Hall–Kier alpha value is -2.66. The van der Waals surface area contributed by atoms with Gasteiger partial charge < -0.3 is 14.9 Å². The predicted molar refractivity (Wildman–Crippen MR) is 73.9 cm³/mol. The number of methoxy groups -OCH3 is 1. The van der Waals surface area contributed by atoms with Gasteiger partial charge in [-0.3, -0.25) is 9.59 Å². The first-order valence-electron chi connectivity index (χ1n) is 6.31. The van der Waals surface area contributed by atoms with Gasteiger partial charge in [-0.05, 0) is 29.8 Å². The number of hydrogen-bond donors (Lipinski definition) is 2. The van der Waals surface area contributed by atoms with Crippen molar-refractivity contribution in [2.75, 3.05) is 7.11 Å². The summed E-state index contributed by atoms with van der Waals surface area (Å²) in [5.41, 5.74) is 1.43. The lowest BCUT2D eigenvalue weighted by Gasteiger charge is -2.19. The molecular weight excluding hydrogens is 272 g/mol. The summed E-state index contributed by atoms with van der Waals surface area (Å²) in [7, 11) is 1.37. The molecule has 2 aromatic rings. The minimum Gasteiger partial charge on any atom is -0.504 e. The van der Waals surface area contributed by atoms with E-state index in [0.717, 1.165) is 0 Å². The Kier molecular flexibility index (Phi) is 2.99. The van der Waals surface area contributed by atoms with Crippen molar-refractivity contribution in [2.45, 2.75) is 6.61 Å². The molecule has 2 aromatic carbocycles. The van der Waals surface area contributed by atoms with Crippen LogP contribution >= 0.6 is 0 Å². The summed E-state index contributed by atoms with van der Waals surface area (Å²) in [6.45, 7) is -0.213. The molecule has 0 atom stereocenters. The van der Waals surface area contributed by atoms with Gasteiger partial charge in [-0.25, -0.2) is 0 Å². The number of ether oxygens (including phenoxy) is 1. The molecule has 0 bridgehead atoms. The molecule has 5 nitrogen and oxygen atoms in total. The topological polar surface area (TPSA) is 83.8 Å². The number of aromatic hydroxyl groups is 1. The second-order valence-corrected chi connectivity index (χ2v) is 4.77. The molecule has 1 aliphatic rings. The SMILES string of the molecule is COc1cc2c(cc1O)C(=O)c1cc(CO)ccc1C2=O. The van der Waals surface area contributed by atoms with Crippen molar-refractivity contribution in [1.82, 2.24) is 0 Å². The van der Waals surface area contributed by atoms with Crippen molar-refractivity contribution in [3.8, 4) is 11.5 Å². The van der Waals surface area contributed by atoms with Crippen molar-refractivity contribution in [3.63, 3.8) is 0 Å². The number of ketones is 2. The van der Waals surface area contributed by atoms with E-state index in [-0.39, 0.29) is 51.9 Å². The normalized spacial score (nSPS) is 12.9. The van der Waals surface area contributed by atoms with Gasteiger partial charge in [0, 0.05) is 22.3 Å². The van der Waals surface area contributed by atoms with Crippen LogP contribution in [0.25, 0.3) is 0 Å². The van der Waals surface area contributed by atoms with Crippen LogP contribution in [0.2, 0.25) is 0 Å². The predicted octanol–water partition coefficient (Wildman–Crippen LogP) is 1.67. The summed E-state index contributed by atoms with van der Waals surface area (Å²) in [6, 6.07) is 7.24. The van der Waals surface area contributed by atoms with E-state index >= 15 is 0 Å². The maximum atomic E-state index is 12.5. The highest BCUT2D eigenvalue weighted by atomic mass is 16.5. The van der Waals surface area contributed by atoms with Gasteiger partial charge in [-0.15, -0.1) is 0 Å². The minimum absolute atomic E-state index is 0.140. The third kappa shape index (κ3) is 1.90. The zero-order chi connectivity index (χ0) is 15.1. The summed E-state index contributed by atoms with van der Waals surface area (Å²) < 4.78 is 4.97. The fraction of sp³-hybridized carbons (Fsp3) is 0.125. The number of rotatable bonds is 2. The molecule has 3 rings (SSSR count). The number of benzene rings is 2.